The number of carbonyl (C=O) groups excluding carboxylic acids is 1. The van der Waals surface area contributed by atoms with Gasteiger partial charge in [0.15, 0.2) is 5.82 Å². The highest BCUT2D eigenvalue weighted by Crippen LogP contribution is 2.30. The molecule has 0 spiro atoms. The maximum Gasteiger partial charge on any atom is 0.416 e. The number of nitrogens with two attached hydrogens (primary N) is 2. The number of primary amides is 1. The molecule has 106 valence electrons. The molecule has 1 atom stereocenters. The van der Waals surface area contributed by atoms with Crippen molar-refractivity contribution in [3.63, 3.8) is 0 Å². The van der Waals surface area contributed by atoms with Crippen LogP contribution in [-0.4, -0.2) is 16.0 Å². The van der Waals surface area contributed by atoms with E-state index in [-0.39, 0.29) is 5.82 Å². The Kier molecular flexibility index (Phi) is 3.45. The molecule has 1 aromatic carbocycles. The molecule has 1 unspecified atom stereocenters. The van der Waals surface area contributed by atoms with Crippen molar-refractivity contribution in [2.75, 3.05) is 0 Å². The third kappa shape index (κ3) is 2.77. The maximum absolute atomic E-state index is 12.4. The van der Waals surface area contributed by atoms with Crippen LogP contribution in [0.4, 0.5) is 13.2 Å². The van der Waals surface area contributed by atoms with Crippen LogP contribution in [0.1, 0.15) is 33.7 Å². The van der Waals surface area contributed by atoms with Gasteiger partial charge in [0.25, 0.3) is 0 Å². The van der Waals surface area contributed by atoms with Crippen molar-refractivity contribution in [1.82, 2.24) is 10.1 Å². The van der Waals surface area contributed by atoms with Gasteiger partial charge in [-0.15, -0.1) is 0 Å². The van der Waals surface area contributed by atoms with Crippen LogP contribution in [0.2, 0.25) is 0 Å². The zero-order valence-electron chi connectivity index (χ0n) is 9.89. The van der Waals surface area contributed by atoms with Crippen molar-refractivity contribution >= 4 is 5.91 Å². The van der Waals surface area contributed by atoms with Gasteiger partial charge in [-0.2, -0.15) is 18.2 Å². The number of hydrogen-bond acceptors (Lipinski definition) is 5. The van der Waals surface area contributed by atoms with Gasteiger partial charge in [0.2, 0.25) is 0 Å². The SMILES string of the molecule is NC(=O)c1nc(C(N)c2ccc(C(F)(F)F)cc2)no1. The third-order valence-corrected chi connectivity index (χ3v) is 2.53. The van der Waals surface area contributed by atoms with Crippen molar-refractivity contribution in [1.29, 1.82) is 0 Å². The average molecular weight is 286 g/mol. The molecule has 9 heteroatoms. The lowest BCUT2D eigenvalue weighted by Gasteiger charge is -2.10. The average Bonchev–Trinajstić information content (AvgIpc) is 2.86. The van der Waals surface area contributed by atoms with Crippen LogP contribution >= 0.6 is 0 Å². The summed E-state index contributed by atoms with van der Waals surface area (Å²) in [5.74, 6) is -1.37. The van der Waals surface area contributed by atoms with Crippen LogP contribution in [0.5, 0.6) is 0 Å². The number of rotatable bonds is 3. The summed E-state index contributed by atoms with van der Waals surface area (Å²) in [6.45, 7) is 0. The molecule has 20 heavy (non-hydrogen) atoms. The minimum atomic E-state index is -4.42. The number of benzene rings is 1. The highest BCUT2D eigenvalue weighted by atomic mass is 19.4. The molecule has 0 aliphatic heterocycles. The Morgan fingerprint density at radius 1 is 1.25 bits per heavy atom. The van der Waals surface area contributed by atoms with E-state index in [1.807, 2.05) is 0 Å². The van der Waals surface area contributed by atoms with Gasteiger partial charge in [-0.05, 0) is 17.7 Å². The normalized spacial score (nSPS) is 13.2. The predicted molar refractivity (Wildman–Crippen MR) is 60.3 cm³/mol. The van der Waals surface area contributed by atoms with Crippen molar-refractivity contribution < 1.29 is 22.5 Å². The molecule has 1 aromatic heterocycles. The minimum Gasteiger partial charge on any atom is -0.361 e. The largest absolute Gasteiger partial charge is 0.416 e. The summed E-state index contributed by atoms with van der Waals surface area (Å²) in [5.41, 5.74) is 10.3. The first-order valence-electron chi connectivity index (χ1n) is 5.35. The Morgan fingerprint density at radius 2 is 1.85 bits per heavy atom. The van der Waals surface area contributed by atoms with Crippen LogP contribution in [-0.2, 0) is 6.18 Å². The lowest BCUT2D eigenvalue weighted by Crippen LogP contribution is -2.15. The number of halogens is 3. The first kappa shape index (κ1) is 14.0. The molecule has 0 radical (unpaired) electrons. The van der Waals surface area contributed by atoms with Crippen molar-refractivity contribution in [3.05, 3.63) is 47.1 Å². The van der Waals surface area contributed by atoms with Crippen LogP contribution in [0.15, 0.2) is 28.8 Å². The lowest BCUT2D eigenvalue weighted by molar-refractivity contribution is -0.137. The molecule has 0 aliphatic rings. The summed E-state index contributed by atoms with van der Waals surface area (Å²) >= 11 is 0. The number of amides is 1. The first-order valence-corrected chi connectivity index (χ1v) is 5.35. The number of nitrogens with zero attached hydrogens (tertiary/aromatic N) is 2. The van der Waals surface area contributed by atoms with E-state index in [2.05, 4.69) is 14.7 Å². The molecule has 2 aromatic rings. The maximum atomic E-state index is 12.4. The lowest BCUT2D eigenvalue weighted by atomic mass is 10.0. The molecule has 0 aliphatic carbocycles. The minimum absolute atomic E-state index is 0.0430. The van der Waals surface area contributed by atoms with E-state index in [0.717, 1.165) is 12.1 Å². The fourth-order valence-electron chi connectivity index (χ4n) is 1.49. The van der Waals surface area contributed by atoms with Crippen LogP contribution in [0, 0.1) is 0 Å². The van der Waals surface area contributed by atoms with Gasteiger partial charge in [-0.3, -0.25) is 4.79 Å². The van der Waals surface area contributed by atoms with E-state index in [0.29, 0.717) is 5.56 Å². The number of alkyl halides is 3. The summed E-state index contributed by atoms with van der Waals surface area (Å²) in [5, 5.41) is 3.45. The number of carbonyl (C=O) groups is 1. The van der Waals surface area contributed by atoms with Crippen LogP contribution in [0.3, 0.4) is 0 Å². The Morgan fingerprint density at radius 3 is 2.30 bits per heavy atom. The summed E-state index contributed by atoms with van der Waals surface area (Å²) in [7, 11) is 0. The van der Waals surface area contributed by atoms with E-state index >= 15 is 0 Å². The first-order chi connectivity index (χ1) is 9.29. The van der Waals surface area contributed by atoms with Crippen molar-refractivity contribution in [2.45, 2.75) is 12.2 Å². The van der Waals surface area contributed by atoms with Crippen LogP contribution < -0.4 is 11.5 Å². The number of aromatic nitrogens is 2. The van der Waals surface area contributed by atoms with E-state index in [4.69, 9.17) is 11.5 Å². The fraction of sp³-hybridized carbons (Fsp3) is 0.182. The molecule has 1 heterocycles. The summed E-state index contributed by atoms with van der Waals surface area (Å²) in [6.07, 6.45) is -4.42. The second-order valence-electron chi connectivity index (χ2n) is 3.92. The Labute approximate surface area is 110 Å². The molecule has 0 fully saturated rings. The molecule has 0 saturated heterocycles. The predicted octanol–water partition coefficient (Wildman–Crippen LogP) is 1.24. The second-order valence-corrected chi connectivity index (χ2v) is 3.92. The van der Waals surface area contributed by atoms with Gasteiger partial charge in [0, 0.05) is 0 Å². The van der Waals surface area contributed by atoms with Gasteiger partial charge in [0.05, 0.1) is 11.6 Å². The molecule has 6 nitrogen and oxygen atoms in total. The molecule has 0 saturated carbocycles. The van der Waals surface area contributed by atoms with E-state index in [1.165, 1.54) is 12.1 Å². The molecule has 2 rings (SSSR count). The van der Waals surface area contributed by atoms with Gasteiger partial charge in [0.1, 0.15) is 0 Å². The summed E-state index contributed by atoms with van der Waals surface area (Å²) in [4.78, 5) is 14.4. The zero-order chi connectivity index (χ0) is 14.9. The van der Waals surface area contributed by atoms with Gasteiger partial charge in [-0.1, -0.05) is 17.3 Å². The van der Waals surface area contributed by atoms with Crippen molar-refractivity contribution in [3.8, 4) is 0 Å². The number of hydrogen-bond donors (Lipinski definition) is 2. The smallest absolute Gasteiger partial charge is 0.361 e. The standard InChI is InChI=1S/C11H9F3N4O2/c12-11(13,14)6-3-1-5(2-4-6)7(15)9-17-10(8(16)19)20-18-9/h1-4,7H,15H2,(H2,16,19). The highest BCUT2D eigenvalue weighted by molar-refractivity contribution is 5.87. The fourth-order valence-corrected chi connectivity index (χ4v) is 1.49. The quantitative estimate of drug-likeness (QED) is 0.882. The topological polar surface area (TPSA) is 108 Å². The highest BCUT2D eigenvalue weighted by Gasteiger charge is 2.30. The molecule has 4 N–H and O–H groups in total. The van der Waals surface area contributed by atoms with E-state index < -0.39 is 29.6 Å². The molecule has 0 bridgehead atoms. The van der Waals surface area contributed by atoms with E-state index in [1.54, 1.807) is 0 Å². The second kappa shape index (κ2) is 4.93. The monoisotopic (exact) mass is 286 g/mol. The zero-order valence-corrected chi connectivity index (χ0v) is 9.89. The summed E-state index contributed by atoms with van der Waals surface area (Å²) in [6, 6.07) is 3.27. The Hall–Kier alpha value is -2.42. The van der Waals surface area contributed by atoms with Gasteiger partial charge >= 0.3 is 18.0 Å². The molecule has 1 amide bonds. The van der Waals surface area contributed by atoms with E-state index in [9.17, 15) is 18.0 Å². The Bertz CT molecular complexity index is 621. The van der Waals surface area contributed by atoms with Crippen LogP contribution in [0.25, 0.3) is 0 Å². The van der Waals surface area contributed by atoms with Gasteiger partial charge < -0.3 is 16.0 Å². The third-order valence-electron chi connectivity index (χ3n) is 2.53. The Balaban J connectivity index is 2.24. The summed E-state index contributed by atoms with van der Waals surface area (Å²) < 4.78 is 41.8. The van der Waals surface area contributed by atoms with Gasteiger partial charge in [-0.25, -0.2) is 0 Å². The van der Waals surface area contributed by atoms with Crippen molar-refractivity contribution in [2.24, 2.45) is 11.5 Å². The molecular weight excluding hydrogens is 277 g/mol. The molecular formula is C11H9F3N4O2.